The van der Waals surface area contributed by atoms with E-state index in [0.29, 0.717) is 15.9 Å². The molecule has 0 saturated heterocycles. The highest BCUT2D eigenvalue weighted by Crippen LogP contribution is 2.25. The number of carbonyl (C=O) groups excluding carboxylic acids is 1. The minimum Gasteiger partial charge on any atom is -0.497 e. The van der Waals surface area contributed by atoms with Crippen LogP contribution in [0.1, 0.15) is 11.4 Å². The van der Waals surface area contributed by atoms with Gasteiger partial charge in [0.05, 0.1) is 12.9 Å². The second-order valence-corrected chi connectivity index (χ2v) is 7.16. The first-order valence-electron chi connectivity index (χ1n) is 8.24. The molecule has 0 atom stereocenters. The van der Waals surface area contributed by atoms with Crippen LogP contribution in [0.3, 0.4) is 0 Å². The van der Waals surface area contributed by atoms with Crippen LogP contribution in [-0.4, -0.2) is 33.5 Å². The minimum absolute atomic E-state index is 0.132. The maximum Gasteiger partial charge on any atom is 0.234 e. The highest BCUT2D eigenvalue weighted by Gasteiger charge is 2.14. The fourth-order valence-electron chi connectivity index (χ4n) is 2.52. The number of amides is 1. The topological polar surface area (TPSA) is 69.0 Å². The molecule has 0 fully saturated rings. The standard InChI is InChI=1S/C19H19ClN4O2S/c1-12-16(20)5-4-6-17(12)21-18(25)11-27-19-23-22-13(2)24(19)14-7-9-15(26-3)10-8-14/h4-10H,11H2,1-3H3,(H,21,25). The Morgan fingerprint density at radius 3 is 2.63 bits per heavy atom. The SMILES string of the molecule is COc1ccc(-n2c(C)nnc2SCC(=O)Nc2cccc(Cl)c2C)cc1. The van der Waals surface area contributed by atoms with Crippen LogP contribution in [0.25, 0.3) is 5.69 Å². The number of aryl methyl sites for hydroxylation is 1. The molecule has 1 amide bonds. The number of hydrogen-bond acceptors (Lipinski definition) is 5. The van der Waals surface area contributed by atoms with E-state index < -0.39 is 0 Å². The number of anilines is 1. The van der Waals surface area contributed by atoms with Gasteiger partial charge in [0.25, 0.3) is 0 Å². The number of nitrogens with zero attached hydrogens (tertiary/aromatic N) is 3. The molecule has 0 spiro atoms. The maximum absolute atomic E-state index is 12.3. The van der Waals surface area contributed by atoms with Crippen molar-refractivity contribution in [2.75, 3.05) is 18.2 Å². The molecule has 0 aliphatic carbocycles. The van der Waals surface area contributed by atoms with Gasteiger partial charge in [-0.15, -0.1) is 10.2 Å². The molecule has 2 aromatic carbocycles. The van der Waals surface area contributed by atoms with Crippen molar-refractivity contribution < 1.29 is 9.53 Å². The van der Waals surface area contributed by atoms with Crippen LogP contribution in [0.5, 0.6) is 5.75 Å². The number of ether oxygens (including phenoxy) is 1. The quantitative estimate of drug-likeness (QED) is 0.623. The Balaban J connectivity index is 1.71. The number of rotatable bonds is 6. The van der Waals surface area contributed by atoms with Gasteiger partial charge in [0, 0.05) is 16.4 Å². The van der Waals surface area contributed by atoms with Crippen molar-refractivity contribution in [3.8, 4) is 11.4 Å². The number of benzene rings is 2. The third-order valence-corrected chi connectivity index (χ3v) is 5.34. The molecule has 0 saturated carbocycles. The van der Waals surface area contributed by atoms with Crippen LogP contribution < -0.4 is 10.1 Å². The third kappa shape index (κ3) is 4.43. The van der Waals surface area contributed by atoms with E-state index in [1.54, 1.807) is 13.2 Å². The van der Waals surface area contributed by atoms with Crippen molar-refractivity contribution in [3.05, 3.63) is 58.9 Å². The Morgan fingerprint density at radius 1 is 1.19 bits per heavy atom. The molecule has 27 heavy (non-hydrogen) atoms. The Bertz CT molecular complexity index is 957. The number of thioether (sulfide) groups is 1. The second kappa shape index (κ2) is 8.45. The Labute approximate surface area is 166 Å². The van der Waals surface area contributed by atoms with Crippen LogP contribution >= 0.6 is 23.4 Å². The molecule has 0 bridgehead atoms. The summed E-state index contributed by atoms with van der Waals surface area (Å²) in [5.41, 5.74) is 2.46. The zero-order valence-corrected chi connectivity index (χ0v) is 16.8. The van der Waals surface area contributed by atoms with Crippen LogP contribution in [-0.2, 0) is 4.79 Å². The van der Waals surface area contributed by atoms with Crippen molar-refractivity contribution in [2.45, 2.75) is 19.0 Å². The molecule has 0 unspecified atom stereocenters. The largest absolute Gasteiger partial charge is 0.497 e. The summed E-state index contributed by atoms with van der Waals surface area (Å²) >= 11 is 7.42. The molecule has 1 heterocycles. The predicted octanol–water partition coefficient (Wildman–Crippen LogP) is 4.28. The molecular weight excluding hydrogens is 384 g/mol. The lowest BCUT2D eigenvalue weighted by Crippen LogP contribution is -2.15. The zero-order valence-electron chi connectivity index (χ0n) is 15.2. The first-order valence-corrected chi connectivity index (χ1v) is 9.60. The van der Waals surface area contributed by atoms with Gasteiger partial charge in [-0.25, -0.2) is 0 Å². The van der Waals surface area contributed by atoms with E-state index in [1.807, 2.05) is 54.8 Å². The lowest BCUT2D eigenvalue weighted by Gasteiger charge is -2.11. The van der Waals surface area contributed by atoms with Gasteiger partial charge >= 0.3 is 0 Å². The highest BCUT2D eigenvalue weighted by molar-refractivity contribution is 7.99. The maximum atomic E-state index is 12.3. The molecule has 3 aromatic rings. The molecule has 1 N–H and O–H groups in total. The Hall–Kier alpha value is -2.51. The minimum atomic E-state index is -0.132. The van der Waals surface area contributed by atoms with E-state index in [2.05, 4.69) is 15.5 Å². The average molecular weight is 403 g/mol. The second-order valence-electron chi connectivity index (χ2n) is 5.81. The van der Waals surface area contributed by atoms with Crippen molar-refractivity contribution in [1.29, 1.82) is 0 Å². The van der Waals surface area contributed by atoms with Gasteiger partial charge in [-0.2, -0.15) is 0 Å². The molecule has 3 rings (SSSR count). The predicted molar refractivity (Wildman–Crippen MR) is 108 cm³/mol. The lowest BCUT2D eigenvalue weighted by atomic mass is 10.2. The van der Waals surface area contributed by atoms with Gasteiger partial charge in [-0.1, -0.05) is 29.4 Å². The molecule has 0 aliphatic rings. The highest BCUT2D eigenvalue weighted by atomic mass is 35.5. The van der Waals surface area contributed by atoms with Crippen molar-refractivity contribution >= 4 is 35.0 Å². The Kier molecular flexibility index (Phi) is 6.03. The molecule has 0 aliphatic heterocycles. The molecule has 6 nitrogen and oxygen atoms in total. The summed E-state index contributed by atoms with van der Waals surface area (Å²) in [7, 11) is 1.63. The van der Waals surface area contributed by atoms with E-state index in [0.717, 1.165) is 22.8 Å². The van der Waals surface area contributed by atoms with Gasteiger partial charge in [0.15, 0.2) is 5.16 Å². The van der Waals surface area contributed by atoms with Crippen LogP contribution in [0.4, 0.5) is 5.69 Å². The van der Waals surface area contributed by atoms with E-state index >= 15 is 0 Å². The number of hydrogen-bond donors (Lipinski definition) is 1. The first-order chi connectivity index (χ1) is 13.0. The molecule has 140 valence electrons. The van der Waals surface area contributed by atoms with E-state index in [-0.39, 0.29) is 11.7 Å². The summed E-state index contributed by atoms with van der Waals surface area (Å²) in [6, 6.07) is 13.0. The van der Waals surface area contributed by atoms with Crippen molar-refractivity contribution in [1.82, 2.24) is 14.8 Å². The summed E-state index contributed by atoms with van der Waals surface area (Å²) in [6.07, 6.45) is 0. The summed E-state index contributed by atoms with van der Waals surface area (Å²) in [6.45, 7) is 3.74. The summed E-state index contributed by atoms with van der Waals surface area (Å²) < 4.78 is 7.10. The van der Waals surface area contributed by atoms with Gasteiger partial charge < -0.3 is 10.1 Å². The van der Waals surface area contributed by atoms with E-state index in [1.165, 1.54) is 11.8 Å². The smallest absolute Gasteiger partial charge is 0.234 e. The van der Waals surface area contributed by atoms with Crippen molar-refractivity contribution in [3.63, 3.8) is 0 Å². The molecular formula is C19H19ClN4O2S. The fraction of sp³-hybridized carbons (Fsp3) is 0.211. The van der Waals surface area contributed by atoms with Gasteiger partial charge in [0.1, 0.15) is 11.6 Å². The number of methoxy groups -OCH3 is 1. The number of nitrogens with one attached hydrogen (secondary N) is 1. The van der Waals surface area contributed by atoms with Crippen LogP contribution in [0, 0.1) is 13.8 Å². The van der Waals surface area contributed by atoms with Crippen LogP contribution in [0.15, 0.2) is 47.6 Å². The Morgan fingerprint density at radius 2 is 1.93 bits per heavy atom. The molecule has 8 heteroatoms. The fourth-order valence-corrected chi connectivity index (χ4v) is 3.50. The van der Waals surface area contributed by atoms with E-state index in [9.17, 15) is 4.79 Å². The van der Waals surface area contributed by atoms with Crippen LogP contribution in [0.2, 0.25) is 5.02 Å². The van der Waals surface area contributed by atoms with Gasteiger partial charge in [0.2, 0.25) is 5.91 Å². The molecule has 1 aromatic heterocycles. The normalized spacial score (nSPS) is 10.7. The monoisotopic (exact) mass is 402 g/mol. The van der Waals surface area contributed by atoms with Gasteiger partial charge in [-0.3, -0.25) is 9.36 Å². The average Bonchev–Trinajstić information content (AvgIpc) is 3.04. The lowest BCUT2D eigenvalue weighted by molar-refractivity contribution is -0.113. The number of aromatic nitrogens is 3. The molecule has 0 radical (unpaired) electrons. The zero-order chi connectivity index (χ0) is 19.4. The first kappa shape index (κ1) is 19.3. The summed E-state index contributed by atoms with van der Waals surface area (Å²) in [5, 5.41) is 12.5. The summed E-state index contributed by atoms with van der Waals surface area (Å²) in [5.74, 6) is 1.59. The van der Waals surface area contributed by atoms with Crippen molar-refractivity contribution in [2.24, 2.45) is 0 Å². The van der Waals surface area contributed by atoms with E-state index in [4.69, 9.17) is 16.3 Å². The number of carbonyl (C=O) groups is 1. The van der Waals surface area contributed by atoms with Gasteiger partial charge in [-0.05, 0) is 55.8 Å². The third-order valence-electron chi connectivity index (χ3n) is 4.00. The summed E-state index contributed by atoms with van der Waals surface area (Å²) in [4.78, 5) is 12.3. The number of halogens is 1.